The molecule has 2 heterocycles. The average molecular weight is 560 g/mol. The van der Waals surface area contributed by atoms with Crippen molar-refractivity contribution in [2.45, 2.75) is 32.7 Å². The number of halogens is 3. The summed E-state index contributed by atoms with van der Waals surface area (Å²) >= 11 is 18.3. The minimum absolute atomic E-state index is 0.160. The van der Waals surface area contributed by atoms with Crippen LogP contribution in [0.1, 0.15) is 29.5 Å². The summed E-state index contributed by atoms with van der Waals surface area (Å²) in [4.78, 5) is 23.4. The van der Waals surface area contributed by atoms with Crippen molar-refractivity contribution in [1.82, 2.24) is 14.9 Å². The number of aromatic nitrogens is 2. The molecule has 1 saturated heterocycles. The van der Waals surface area contributed by atoms with E-state index in [0.29, 0.717) is 43.9 Å². The molecule has 2 N–H and O–H groups in total. The second-order valence-corrected chi connectivity index (χ2v) is 10.1. The molecule has 192 valence electrons. The smallest absolute Gasteiger partial charge is 0.238 e. The fraction of sp³-hybridized carbons (Fsp3) is 0.308. The zero-order valence-electron chi connectivity index (χ0n) is 20.3. The third-order valence-corrected chi connectivity index (χ3v) is 6.80. The van der Waals surface area contributed by atoms with Gasteiger partial charge in [0.15, 0.2) is 0 Å². The van der Waals surface area contributed by atoms with Crippen LogP contribution in [0, 0.1) is 25.2 Å². The van der Waals surface area contributed by atoms with Gasteiger partial charge >= 0.3 is 0 Å². The highest BCUT2D eigenvalue weighted by Gasteiger charge is 2.22. The Hall–Kier alpha value is -3.09. The Morgan fingerprint density at radius 2 is 1.78 bits per heavy atom. The van der Waals surface area contributed by atoms with Crippen LogP contribution in [0.3, 0.4) is 0 Å². The van der Waals surface area contributed by atoms with Gasteiger partial charge < -0.3 is 15.4 Å². The SMILES string of the molecule is Cc1cc(C#N)cc(C)c1Oc1ccnc(NC2CCN(CC(=O)Nc3c(Cl)cc(Cl)cc3Cl)CC2)n1. The molecule has 11 heteroatoms. The summed E-state index contributed by atoms with van der Waals surface area (Å²) < 4.78 is 6.02. The van der Waals surface area contributed by atoms with Crippen molar-refractivity contribution in [2.24, 2.45) is 0 Å². The number of anilines is 2. The third-order valence-electron chi connectivity index (χ3n) is 5.99. The van der Waals surface area contributed by atoms with Gasteiger partial charge in [-0.1, -0.05) is 34.8 Å². The summed E-state index contributed by atoms with van der Waals surface area (Å²) in [6, 6.07) is 10.7. The number of rotatable bonds is 7. The Labute approximate surface area is 230 Å². The van der Waals surface area contributed by atoms with Crippen LogP contribution in [0.25, 0.3) is 0 Å². The van der Waals surface area contributed by atoms with Gasteiger partial charge in [0.05, 0.1) is 33.9 Å². The molecule has 37 heavy (non-hydrogen) atoms. The zero-order valence-corrected chi connectivity index (χ0v) is 22.6. The second kappa shape index (κ2) is 12.0. The molecule has 0 radical (unpaired) electrons. The highest BCUT2D eigenvalue weighted by atomic mass is 35.5. The summed E-state index contributed by atoms with van der Waals surface area (Å²) in [7, 11) is 0. The highest BCUT2D eigenvalue weighted by Crippen LogP contribution is 2.34. The van der Waals surface area contributed by atoms with Crippen LogP contribution in [0.5, 0.6) is 11.6 Å². The van der Waals surface area contributed by atoms with E-state index >= 15 is 0 Å². The predicted octanol–water partition coefficient (Wildman–Crippen LogP) is 6.23. The fourth-order valence-corrected chi connectivity index (χ4v) is 5.12. The predicted molar refractivity (Wildman–Crippen MR) is 146 cm³/mol. The van der Waals surface area contributed by atoms with Crippen molar-refractivity contribution in [3.8, 4) is 17.7 Å². The largest absolute Gasteiger partial charge is 0.438 e. The Bertz CT molecular complexity index is 1310. The fourth-order valence-electron chi connectivity index (χ4n) is 4.21. The number of amides is 1. The highest BCUT2D eigenvalue weighted by molar-refractivity contribution is 6.42. The van der Waals surface area contributed by atoms with Crippen molar-refractivity contribution in [3.63, 3.8) is 0 Å². The van der Waals surface area contributed by atoms with E-state index in [1.807, 2.05) is 13.8 Å². The molecule has 0 saturated carbocycles. The van der Waals surface area contributed by atoms with Crippen molar-refractivity contribution in [2.75, 3.05) is 30.3 Å². The molecule has 0 bridgehead atoms. The standard InChI is InChI=1S/C26H25Cl3N6O2/c1-15-9-17(13-30)10-16(2)25(15)37-23-3-6-31-26(34-23)32-19-4-7-35(8-5-19)14-22(36)33-24-20(28)11-18(27)12-21(24)29/h3,6,9-12,19H,4-5,7-8,14H2,1-2H3,(H,33,36)(H,31,32,34). The maximum atomic E-state index is 12.5. The van der Waals surface area contributed by atoms with Crippen LogP contribution < -0.4 is 15.4 Å². The number of nitriles is 1. The minimum Gasteiger partial charge on any atom is -0.438 e. The Morgan fingerprint density at radius 1 is 1.14 bits per heavy atom. The first-order valence-electron chi connectivity index (χ1n) is 11.7. The van der Waals surface area contributed by atoms with E-state index in [9.17, 15) is 4.79 Å². The maximum absolute atomic E-state index is 12.5. The van der Waals surface area contributed by atoms with Crippen LogP contribution in [-0.2, 0) is 4.79 Å². The number of ether oxygens (including phenoxy) is 1. The van der Waals surface area contributed by atoms with Gasteiger partial charge in [-0.05, 0) is 62.1 Å². The van der Waals surface area contributed by atoms with Crippen LogP contribution in [0.2, 0.25) is 15.1 Å². The molecule has 2 aromatic carbocycles. The van der Waals surface area contributed by atoms with Gasteiger partial charge in [-0.3, -0.25) is 9.69 Å². The number of carbonyl (C=O) groups is 1. The molecule has 8 nitrogen and oxygen atoms in total. The van der Waals surface area contributed by atoms with E-state index in [4.69, 9.17) is 44.8 Å². The molecular formula is C26H25Cl3N6O2. The lowest BCUT2D eigenvalue weighted by Crippen LogP contribution is -2.42. The summed E-state index contributed by atoms with van der Waals surface area (Å²) in [5.74, 6) is 1.38. The summed E-state index contributed by atoms with van der Waals surface area (Å²) in [6.07, 6.45) is 3.28. The molecule has 0 spiro atoms. The Balaban J connectivity index is 1.29. The van der Waals surface area contributed by atoms with Crippen molar-refractivity contribution in [3.05, 3.63) is 68.3 Å². The first-order valence-corrected chi connectivity index (χ1v) is 12.8. The van der Waals surface area contributed by atoms with Gasteiger partial charge in [-0.15, -0.1) is 0 Å². The lowest BCUT2D eigenvalue weighted by molar-refractivity contribution is -0.117. The second-order valence-electron chi connectivity index (χ2n) is 8.86. The lowest BCUT2D eigenvalue weighted by Gasteiger charge is -2.31. The van der Waals surface area contributed by atoms with E-state index in [0.717, 1.165) is 37.1 Å². The van der Waals surface area contributed by atoms with E-state index in [1.54, 1.807) is 24.4 Å². The molecule has 1 aromatic heterocycles. The number of aryl methyl sites for hydroxylation is 2. The maximum Gasteiger partial charge on any atom is 0.238 e. The quantitative estimate of drug-likeness (QED) is 0.353. The topological polar surface area (TPSA) is 103 Å². The number of carbonyl (C=O) groups excluding carboxylic acids is 1. The van der Waals surface area contributed by atoms with Crippen LogP contribution in [0.15, 0.2) is 36.5 Å². The first-order chi connectivity index (χ1) is 17.7. The number of hydrogen-bond donors (Lipinski definition) is 2. The van der Waals surface area contributed by atoms with Gasteiger partial charge in [0.2, 0.25) is 17.7 Å². The molecular weight excluding hydrogens is 535 g/mol. The molecule has 0 unspecified atom stereocenters. The number of hydrogen-bond acceptors (Lipinski definition) is 7. The number of likely N-dealkylation sites (tertiary alicyclic amines) is 1. The molecule has 1 fully saturated rings. The molecule has 1 aliphatic heterocycles. The number of nitrogens with one attached hydrogen (secondary N) is 2. The Kier molecular flexibility index (Phi) is 8.72. The van der Waals surface area contributed by atoms with Crippen molar-refractivity contribution < 1.29 is 9.53 Å². The van der Waals surface area contributed by atoms with Gasteiger partial charge in [-0.2, -0.15) is 10.2 Å². The molecule has 4 rings (SSSR count). The summed E-state index contributed by atoms with van der Waals surface area (Å²) in [5, 5.41) is 16.3. The van der Waals surface area contributed by atoms with Crippen LogP contribution in [-0.4, -0.2) is 46.5 Å². The minimum atomic E-state index is -0.195. The molecule has 1 aliphatic rings. The van der Waals surface area contributed by atoms with Crippen molar-refractivity contribution >= 4 is 52.3 Å². The van der Waals surface area contributed by atoms with Gasteiger partial charge in [-0.25, -0.2) is 4.98 Å². The van der Waals surface area contributed by atoms with E-state index in [2.05, 4.69) is 31.6 Å². The molecule has 0 aliphatic carbocycles. The summed E-state index contributed by atoms with van der Waals surface area (Å²) in [5.41, 5.74) is 2.68. The molecule has 1 amide bonds. The summed E-state index contributed by atoms with van der Waals surface area (Å²) in [6.45, 7) is 5.48. The number of nitrogens with zero attached hydrogens (tertiary/aromatic N) is 4. The monoisotopic (exact) mass is 558 g/mol. The third kappa shape index (κ3) is 7.02. The number of benzene rings is 2. The van der Waals surface area contributed by atoms with E-state index in [-0.39, 0.29) is 18.5 Å². The first kappa shape index (κ1) is 27.0. The van der Waals surface area contributed by atoms with Gasteiger partial charge in [0.25, 0.3) is 0 Å². The van der Waals surface area contributed by atoms with Crippen molar-refractivity contribution in [1.29, 1.82) is 5.26 Å². The van der Waals surface area contributed by atoms with Gasteiger partial charge in [0, 0.05) is 36.4 Å². The van der Waals surface area contributed by atoms with Crippen LogP contribution >= 0.6 is 34.8 Å². The normalized spacial score (nSPS) is 14.2. The van der Waals surface area contributed by atoms with E-state index < -0.39 is 0 Å². The van der Waals surface area contributed by atoms with Crippen LogP contribution in [0.4, 0.5) is 11.6 Å². The number of piperidine rings is 1. The van der Waals surface area contributed by atoms with E-state index in [1.165, 1.54) is 12.1 Å². The Morgan fingerprint density at radius 3 is 2.41 bits per heavy atom. The lowest BCUT2D eigenvalue weighted by atomic mass is 10.1. The van der Waals surface area contributed by atoms with Gasteiger partial charge in [0.1, 0.15) is 5.75 Å². The zero-order chi connectivity index (χ0) is 26.5. The molecule has 3 aromatic rings. The molecule has 0 atom stereocenters. The average Bonchev–Trinajstić information content (AvgIpc) is 2.85.